The lowest BCUT2D eigenvalue weighted by Gasteiger charge is -2.53. The maximum atomic E-state index is 3.80. The van der Waals surface area contributed by atoms with Gasteiger partial charge in [0.2, 0.25) is 0 Å². The molecule has 17 heavy (non-hydrogen) atoms. The highest BCUT2D eigenvalue weighted by Crippen LogP contribution is 2.28. The van der Waals surface area contributed by atoms with Gasteiger partial charge in [0, 0.05) is 44.8 Å². The van der Waals surface area contributed by atoms with E-state index in [0.29, 0.717) is 17.5 Å². The molecule has 1 N–H and O–H groups in total. The SMILES string of the molecule is CCCNC(C1CN2CCN1CC2)C(C)(C)C. The molecule has 0 aromatic rings. The molecule has 2 bridgehead atoms. The fourth-order valence-electron chi connectivity index (χ4n) is 3.29. The molecule has 3 nitrogen and oxygen atoms in total. The van der Waals surface area contributed by atoms with Crippen LogP contribution in [-0.4, -0.2) is 61.2 Å². The molecule has 3 fully saturated rings. The molecule has 3 heterocycles. The third-order valence-electron chi connectivity index (χ3n) is 4.25. The van der Waals surface area contributed by atoms with Gasteiger partial charge in [-0.2, -0.15) is 0 Å². The van der Waals surface area contributed by atoms with Crippen LogP contribution in [0.5, 0.6) is 0 Å². The molecule has 0 aromatic heterocycles. The molecular weight excluding hydrogens is 210 g/mol. The first-order valence-electron chi connectivity index (χ1n) is 7.22. The Kier molecular flexibility index (Phi) is 4.11. The van der Waals surface area contributed by atoms with E-state index in [-0.39, 0.29) is 0 Å². The van der Waals surface area contributed by atoms with Crippen LogP contribution in [0.1, 0.15) is 34.1 Å². The highest BCUT2D eigenvalue weighted by molar-refractivity contribution is 4.99. The number of hydrogen-bond acceptors (Lipinski definition) is 3. The van der Waals surface area contributed by atoms with E-state index in [0.717, 1.165) is 6.54 Å². The van der Waals surface area contributed by atoms with Gasteiger partial charge in [0.15, 0.2) is 0 Å². The molecule has 3 saturated heterocycles. The monoisotopic (exact) mass is 239 g/mol. The number of piperazine rings is 3. The minimum Gasteiger partial charge on any atom is -0.312 e. The Morgan fingerprint density at radius 1 is 1.18 bits per heavy atom. The zero-order valence-electron chi connectivity index (χ0n) is 12.0. The summed E-state index contributed by atoms with van der Waals surface area (Å²) in [5.74, 6) is 0. The van der Waals surface area contributed by atoms with E-state index in [1.54, 1.807) is 0 Å². The van der Waals surface area contributed by atoms with E-state index in [4.69, 9.17) is 0 Å². The standard InChI is InChI=1S/C14H29N3/c1-5-6-15-13(14(2,3)4)12-11-16-7-9-17(12)10-8-16/h12-13,15H,5-11H2,1-4H3. The van der Waals surface area contributed by atoms with Gasteiger partial charge in [0.05, 0.1) is 0 Å². The number of hydrogen-bond donors (Lipinski definition) is 1. The normalized spacial score (nSPS) is 34.9. The summed E-state index contributed by atoms with van der Waals surface area (Å²) in [7, 11) is 0. The molecule has 3 aliphatic heterocycles. The third-order valence-corrected chi connectivity index (χ3v) is 4.25. The lowest BCUT2D eigenvalue weighted by molar-refractivity contribution is -0.0221. The van der Waals surface area contributed by atoms with E-state index in [1.165, 1.54) is 39.1 Å². The fraction of sp³-hybridized carbons (Fsp3) is 1.00. The first kappa shape index (κ1) is 13.3. The smallest absolute Gasteiger partial charge is 0.0382 e. The number of rotatable bonds is 4. The summed E-state index contributed by atoms with van der Waals surface area (Å²) in [4.78, 5) is 5.34. The van der Waals surface area contributed by atoms with Gasteiger partial charge >= 0.3 is 0 Å². The molecule has 3 heteroatoms. The van der Waals surface area contributed by atoms with Gasteiger partial charge < -0.3 is 5.32 Å². The maximum Gasteiger partial charge on any atom is 0.0382 e. The first-order valence-corrected chi connectivity index (χ1v) is 7.22. The minimum atomic E-state index is 0.346. The lowest BCUT2D eigenvalue weighted by Crippen LogP contribution is -2.68. The van der Waals surface area contributed by atoms with Crippen molar-refractivity contribution in [3.8, 4) is 0 Å². The Morgan fingerprint density at radius 2 is 1.82 bits per heavy atom. The van der Waals surface area contributed by atoms with Crippen LogP contribution >= 0.6 is 0 Å². The molecule has 0 spiro atoms. The van der Waals surface area contributed by atoms with Crippen molar-refractivity contribution >= 4 is 0 Å². The van der Waals surface area contributed by atoms with E-state index in [9.17, 15) is 0 Å². The zero-order chi connectivity index (χ0) is 12.5. The fourth-order valence-corrected chi connectivity index (χ4v) is 3.29. The van der Waals surface area contributed by atoms with Crippen LogP contribution in [0.25, 0.3) is 0 Å². The van der Waals surface area contributed by atoms with Crippen LogP contribution < -0.4 is 5.32 Å². The summed E-state index contributed by atoms with van der Waals surface area (Å²) in [5, 5.41) is 3.80. The van der Waals surface area contributed by atoms with Crippen molar-refractivity contribution in [3.05, 3.63) is 0 Å². The van der Waals surface area contributed by atoms with Crippen LogP contribution in [0.3, 0.4) is 0 Å². The number of fused-ring (bicyclic) bond motifs is 3. The zero-order valence-corrected chi connectivity index (χ0v) is 12.0. The van der Waals surface area contributed by atoms with Crippen LogP contribution in [0, 0.1) is 5.41 Å². The quantitative estimate of drug-likeness (QED) is 0.800. The van der Waals surface area contributed by atoms with Crippen LogP contribution in [0.2, 0.25) is 0 Å². The Hall–Kier alpha value is -0.120. The molecule has 100 valence electrons. The second-order valence-electron chi connectivity index (χ2n) is 6.70. The van der Waals surface area contributed by atoms with Crippen LogP contribution in [0.15, 0.2) is 0 Å². The van der Waals surface area contributed by atoms with Crippen molar-refractivity contribution in [1.29, 1.82) is 0 Å². The van der Waals surface area contributed by atoms with Crippen LogP contribution in [-0.2, 0) is 0 Å². The van der Waals surface area contributed by atoms with Crippen molar-refractivity contribution in [2.24, 2.45) is 5.41 Å². The van der Waals surface area contributed by atoms with Crippen molar-refractivity contribution in [1.82, 2.24) is 15.1 Å². The molecule has 0 aromatic carbocycles. The summed E-state index contributed by atoms with van der Waals surface area (Å²) in [6.07, 6.45) is 1.23. The molecule has 0 saturated carbocycles. The molecule has 0 amide bonds. The number of nitrogens with one attached hydrogen (secondary N) is 1. The van der Waals surface area contributed by atoms with E-state index in [2.05, 4.69) is 42.8 Å². The van der Waals surface area contributed by atoms with Gasteiger partial charge in [-0.25, -0.2) is 0 Å². The topological polar surface area (TPSA) is 18.5 Å². The molecule has 0 radical (unpaired) electrons. The largest absolute Gasteiger partial charge is 0.312 e. The molecule has 3 aliphatic rings. The number of nitrogens with zero attached hydrogens (tertiary/aromatic N) is 2. The summed E-state index contributed by atoms with van der Waals surface area (Å²) in [6.45, 7) is 16.9. The Labute approximate surface area is 107 Å². The summed E-state index contributed by atoms with van der Waals surface area (Å²) in [5.41, 5.74) is 0.346. The van der Waals surface area contributed by atoms with E-state index in [1.807, 2.05) is 0 Å². The van der Waals surface area contributed by atoms with Gasteiger partial charge in [-0.05, 0) is 18.4 Å². The molecule has 3 rings (SSSR count). The van der Waals surface area contributed by atoms with Crippen molar-refractivity contribution in [3.63, 3.8) is 0 Å². The molecule has 0 aliphatic carbocycles. The first-order chi connectivity index (χ1) is 8.02. The van der Waals surface area contributed by atoms with Crippen molar-refractivity contribution in [2.75, 3.05) is 39.3 Å². The van der Waals surface area contributed by atoms with Crippen LogP contribution in [0.4, 0.5) is 0 Å². The van der Waals surface area contributed by atoms with Gasteiger partial charge in [0.1, 0.15) is 0 Å². The average Bonchev–Trinajstić information content (AvgIpc) is 2.29. The molecule has 2 atom stereocenters. The highest BCUT2D eigenvalue weighted by Gasteiger charge is 2.40. The minimum absolute atomic E-state index is 0.346. The van der Waals surface area contributed by atoms with Crippen molar-refractivity contribution < 1.29 is 0 Å². The lowest BCUT2D eigenvalue weighted by atomic mass is 9.80. The average molecular weight is 239 g/mol. The molecule has 2 unspecified atom stereocenters. The predicted molar refractivity (Wildman–Crippen MR) is 73.3 cm³/mol. The summed E-state index contributed by atoms with van der Waals surface area (Å²) >= 11 is 0. The van der Waals surface area contributed by atoms with Crippen molar-refractivity contribution in [2.45, 2.75) is 46.2 Å². The van der Waals surface area contributed by atoms with Gasteiger partial charge in [0.25, 0.3) is 0 Å². The second-order valence-corrected chi connectivity index (χ2v) is 6.70. The Bertz CT molecular complexity index is 238. The van der Waals surface area contributed by atoms with E-state index >= 15 is 0 Å². The Morgan fingerprint density at radius 3 is 2.24 bits per heavy atom. The highest BCUT2D eigenvalue weighted by atomic mass is 15.4. The van der Waals surface area contributed by atoms with Gasteiger partial charge in [-0.1, -0.05) is 27.7 Å². The van der Waals surface area contributed by atoms with E-state index < -0.39 is 0 Å². The van der Waals surface area contributed by atoms with Gasteiger partial charge in [-0.15, -0.1) is 0 Å². The van der Waals surface area contributed by atoms with Gasteiger partial charge in [-0.3, -0.25) is 9.80 Å². The second kappa shape index (κ2) is 5.25. The Balaban J connectivity index is 2.04. The summed E-state index contributed by atoms with van der Waals surface area (Å²) < 4.78 is 0. The molecular formula is C14H29N3. The predicted octanol–water partition coefficient (Wildman–Crippen LogP) is 1.40. The summed E-state index contributed by atoms with van der Waals surface area (Å²) in [6, 6.07) is 1.33. The third kappa shape index (κ3) is 3.01. The maximum absolute atomic E-state index is 3.80.